The molecule has 0 heterocycles. The summed E-state index contributed by atoms with van der Waals surface area (Å²) in [5.41, 5.74) is 0. The van der Waals surface area contributed by atoms with Gasteiger partial charge in [0.05, 0.1) is 19.8 Å². The van der Waals surface area contributed by atoms with Crippen LogP contribution in [0.1, 0.15) is 265 Å². The predicted molar refractivity (Wildman–Crippen MR) is 316 cm³/mol. The summed E-state index contributed by atoms with van der Waals surface area (Å²) >= 11 is 0. The highest BCUT2D eigenvalue weighted by atomic mass is 31.2. The number of phosphoric acid groups is 1. The summed E-state index contributed by atoms with van der Waals surface area (Å²) in [7, 11) is -4.77. The van der Waals surface area contributed by atoms with Gasteiger partial charge in [0.25, 0.3) is 0 Å². The molecule has 0 fully saturated rings. The van der Waals surface area contributed by atoms with Gasteiger partial charge in [-0.15, -0.1) is 0 Å². The Balaban J connectivity index is 4.80. The van der Waals surface area contributed by atoms with Gasteiger partial charge >= 0.3 is 25.7 Å². The molecule has 12 heteroatoms. The Bertz CT molecular complexity index is 1600. The molecule has 3 atom stereocenters. The molecule has 76 heavy (non-hydrogen) atoms. The van der Waals surface area contributed by atoms with Crippen LogP contribution in [0, 0.1) is 0 Å². The van der Waals surface area contributed by atoms with Crippen molar-refractivity contribution in [2.75, 3.05) is 26.4 Å². The first-order valence-corrected chi connectivity index (χ1v) is 32.0. The molecule has 0 amide bonds. The van der Waals surface area contributed by atoms with Crippen LogP contribution in [0.5, 0.6) is 0 Å². The summed E-state index contributed by atoms with van der Waals surface area (Å²) in [6.45, 7) is 4.42. The SMILES string of the molecule is CC/C=C\C/C=C\C/C=C\C/C=C\C/C=C\C/C=C\CCC(=O)OCC(COP(=O)(O)OCC(CO)OC(=O)CCCCCCC/C=C\CCCC)OC(=O)CCCCCCCCCCCCCCCCCCCCC. The lowest BCUT2D eigenvalue weighted by Gasteiger charge is -2.21. The van der Waals surface area contributed by atoms with Crippen LogP contribution in [0.4, 0.5) is 0 Å². The molecule has 0 aliphatic carbocycles. The van der Waals surface area contributed by atoms with E-state index in [0.717, 1.165) is 96.3 Å². The third-order valence-corrected chi connectivity index (χ3v) is 13.8. The van der Waals surface area contributed by atoms with E-state index in [4.69, 9.17) is 23.3 Å². The summed E-state index contributed by atoms with van der Waals surface area (Å²) in [6, 6.07) is 0. The average Bonchev–Trinajstić information content (AvgIpc) is 3.41. The minimum atomic E-state index is -4.77. The van der Waals surface area contributed by atoms with Gasteiger partial charge in [0.1, 0.15) is 12.7 Å². The van der Waals surface area contributed by atoms with Gasteiger partial charge in [-0.05, 0) is 77.0 Å². The second kappa shape index (κ2) is 57.8. The van der Waals surface area contributed by atoms with Gasteiger partial charge in [-0.25, -0.2) is 4.57 Å². The third-order valence-electron chi connectivity index (χ3n) is 12.8. The maximum atomic E-state index is 12.9. The van der Waals surface area contributed by atoms with Crippen molar-refractivity contribution in [3.05, 3.63) is 85.1 Å². The predicted octanol–water partition coefficient (Wildman–Crippen LogP) is 18.3. The minimum Gasteiger partial charge on any atom is -0.462 e. The fourth-order valence-corrected chi connectivity index (χ4v) is 8.97. The second-order valence-electron chi connectivity index (χ2n) is 20.1. The van der Waals surface area contributed by atoms with Crippen molar-refractivity contribution >= 4 is 25.7 Å². The van der Waals surface area contributed by atoms with Crippen molar-refractivity contribution in [1.82, 2.24) is 0 Å². The summed E-state index contributed by atoms with van der Waals surface area (Å²) in [6.07, 6.45) is 67.1. The topological polar surface area (TPSA) is 155 Å². The van der Waals surface area contributed by atoms with Crippen molar-refractivity contribution in [1.29, 1.82) is 0 Å². The number of phosphoric ester groups is 1. The first kappa shape index (κ1) is 72.7. The molecule has 438 valence electrons. The standard InChI is InChI=1S/C64H111O11P/c1-4-7-10-13-16-19-22-24-26-28-30-32-34-36-39-41-44-47-50-53-62(66)71-57-61(75-64(68)55-52-49-46-43-40-37-35-33-31-29-27-25-23-20-17-14-11-8-5-2)59-73-76(69,70)72-58-60(56-65)74-63(67)54-51-48-45-42-38-21-18-15-12-9-6-3/h7,10,15-16,18-19,24,26,30,32,36,39,44,47,60-61,65H,4-6,8-9,11-14,17,20-23,25,27-29,31,33-35,37-38,40-43,45-46,48-59H2,1-3H3,(H,69,70)/b10-7-,18-15-,19-16-,26-24-,32-30-,39-36-,47-44-. The normalized spacial score (nSPS) is 13.9. The number of ether oxygens (including phenoxy) is 3. The molecule has 0 saturated carbocycles. The number of carbonyl (C=O) groups is 3. The smallest absolute Gasteiger partial charge is 0.462 e. The lowest BCUT2D eigenvalue weighted by Crippen LogP contribution is -2.30. The molecule has 0 rings (SSSR count). The Hall–Kier alpha value is -3.34. The number of rotatable bonds is 56. The van der Waals surface area contributed by atoms with Crippen LogP contribution in [-0.4, -0.2) is 66.5 Å². The molecule has 0 aliphatic rings. The molecule has 0 aromatic carbocycles. The van der Waals surface area contributed by atoms with E-state index in [-0.39, 0.29) is 25.9 Å². The van der Waals surface area contributed by atoms with Crippen molar-refractivity contribution in [3.63, 3.8) is 0 Å². The molecule has 0 saturated heterocycles. The second-order valence-corrected chi connectivity index (χ2v) is 21.6. The van der Waals surface area contributed by atoms with Crippen LogP contribution >= 0.6 is 7.82 Å². The highest BCUT2D eigenvalue weighted by Gasteiger charge is 2.28. The lowest BCUT2D eigenvalue weighted by atomic mass is 10.0. The molecule has 0 aromatic heterocycles. The summed E-state index contributed by atoms with van der Waals surface area (Å²) < 4.78 is 39.5. The average molecular weight is 1090 g/mol. The van der Waals surface area contributed by atoms with E-state index in [1.165, 1.54) is 109 Å². The summed E-state index contributed by atoms with van der Waals surface area (Å²) in [4.78, 5) is 48.6. The van der Waals surface area contributed by atoms with Crippen molar-refractivity contribution < 1.29 is 52.2 Å². The first-order valence-electron chi connectivity index (χ1n) is 30.5. The quantitative estimate of drug-likeness (QED) is 0.0197. The van der Waals surface area contributed by atoms with Crippen LogP contribution in [0.2, 0.25) is 0 Å². The zero-order chi connectivity index (χ0) is 55.5. The number of aliphatic hydroxyl groups excluding tert-OH is 1. The van der Waals surface area contributed by atoms with Gasteiger partial charge in [-0.3, -0.25) is 23.4 Å². The van der Waals surface area contributed by atoms with E-state index in [9.17, 15) is 28.9 Å². The van der Waals surface area contributed by atoms with E-state index in [1.807, 2.05) is 12.2 Å². The van der Waals surface area contributed by atoms with Crippen molar-refractivity contribution in [3.8, 4) is 0 Å². The minimum absolute atomic E-state index is 0.100. The first-order chi connectivity index (χ1) is 37.2. The Morgan fingerprint density at radius 2 is 0.724 bits per heavy atom. The number of allylic oxidation sites excluding steroid dienone is 14. The molecular weight excluding hydrogens is 976 g/mol. The van der Waals surface area contributed by atoms with E-state index in [0.29, 0.717) is 19.3 Å². The maximum Gasteiger partial charge on any atom is 0.472 e. The van der Waals surface area contributed by atoms with E-state index >= 15 is 0 Å². The van der Waals surface area contributed by atoms with Crippen molar-refractivity contribution in [2.24, 2.45) is 0 Å². The Kier molecular flexibility index (Phi) is 55.3. The number of hydrogen-bond acceptors (Lipinski definition) is 10. The van der Waals surface area contributed by atoms with Crippen LogP contribution in [0.3, 0.4) is 0 Å². The fraction of sp³-hybridized carbons (Fsp3) is 0.734. The maximum absolute atomic E-state index is 12.9. The lowest BCUT2D eigenvalue weighted by molar-refractivity contribution is -0.161. The molecule has 0 aromatic rings. The monoisotopic (exact) mass is 1090 g/mol. The van der Waals surface area contributed by atoms with Crippen LogP contribution < -0.4 is 0 Å². The molecule has 0 radical (unpaired) electrons. The number of carbonyl (C=O) groups excluding carboxylic acids is 3. The number of aliphatic hydroxyl groups is 1. The van der Waals surface area contributed by atoms with Gasteiger partial charge in [-0.2, -0.15) is 0 Å². The molecule has 11 nitrogen and oxygen atoms in total. The van der Waals surface area contributed by atoms with Gasteiger partial charge in [-0.1, -0.05) is 254 Å². The van der Waals surface area contributed by atoms with Crippen LogP contribution in [0.25, 0.3) is 0 Å². The molecular formula is C64H111O11P. The van der Waals surface area contributed by atoms with Crippen LogP contribution in [0.15, 0.2) is 85.1 Å². The number of esters is 3. The van der Waals surface area contributed by atoms with E-state index in [2.05, 4.69) is 93.7 Å². The van der Waals surface area contributed by atoms with E-state index < -0.39 is 57.8 Å². The van der Waals surface area contributed by atoms with Gasteiger partial charge in [0, 0.05) is 19.3 Å². The Morgan fingerprint density at radius 1 is 0.382 bits per heavy atom. The highest BCUT2D eigenvalue weighted by Crippen LogP contribution is 2.43. The number of hydrogen-bond donors (Lipinski definition) is 2. The molecule has 3 unspecified atom stereocenters. The van der Waals surface area contributed by atoms with E-state index in [1.54, 1.807) is 0 Å². The zero-order valence-corrected chi connectivity index (χ0v) is 49.3. The molecule has 0 spiro atoms. The van der Waals surface area contributed by atoms with Crippen LogP contribution in [-0.2, 0) is 42.2 Å². The Labute approximate surface area is 464 Å². The molecule has 0 aliphatic heterocycles. The van der Waals surface area contributed by atoms with Gasteiger partial charge in [0.15, 0.2) is 6.10 Å². The van der Waals surface area contributed by atoms with Gasteiger partial charge in [0.2, 0.25) is 0 Å². The van der Waals surface area contributed by atoms with Crippen molar-refractivity contribution in [2.45, 2.75) is 277 Å². The largest absolute Gasteiger partial charge is 0.472 e. The highest BCUT2D eigenvalue weighted by molar-refractivity contribution is 7.47. The third kappa shape index (κ3) is 55.4. The molecule has 2 N–H and O–H groups in total. The van der Waals surface area contributed by atoms with Gasteiger partial charge < -0.3 is 24.2 Å². The number of unbranched alkanes of at least 4 members (excludes halogenated alkanes) is 25. The fourth-order valence-electron chi connectivity index (χ4n) is 8.19. The summed E-state index contributed by atoms with van der Waals surface area (Å²) in [5, 5.41) is 9.80. The Morgan fingerprint density at radius 3 is 1.14 bits per heavy atom. The summed E-state index contributed by atoms with van der Waals surface area (Å²) in [5.74, 6) is -1.57. The zero-order valence-electron chi connectivity index (χ0n) is 48.5. The molecule has 0 bridgehead atoms.